The molecular weight excluding hydrogens is 266 g/mol. The van der Waals surface area contributed by atoms with E-state index >= 15 is 0 Å². The van der Waals surface area contributed by atoms with Crippen molar-refractivity contribution in [1.82, 2.24) is 4.98 Å². The number of rotatable bonds is 4. The number of para-hydroxylation sites is 1. The van der Waals surface area contributed by atoms with E-state index < -0.39 is 17.6 Å². The van der Waals surface area contributed by atoms with Gasteiger partial charge in [-0.15, -0.1) is 0 Å². The third-order valence-corrected chi connectivity index (χ3v) is 2.49. The Morgan fingerprint density at radius 3 is 2.50 bits per heavy atom. The predicted molar refractivity (Wildman–Crippen MR) is 69.8 cm³/mol. The van der Waals surface area contributed by atoms with Gasteiger partial charge >= 0.3 is 5.97 Å². The highest BCUT2D eigenvalue weighted by atomic mass is 19.1. The van der Waals surface area contributed by atoms with Gasteiger partial charge in [-0.1, -0.05) is 6.07 Å². The maximum absolute atomic E-state index is 13.4. The summed E-state index contributed by atoms with van der Waals surface area (Å²) in [5, 5.41) is 2.53. The van der Waals surface area contributed by atoms with E-state index in [4.69, 9.17) is 4.74 Å². The van der Waals surface area contributed by atoms with Crippen LogP contribution in [0.5, 0.6) is 0 Å². The summed E-state index contributed by atoms with van der Waals surface area (Å²) in [7, 11) is 0. The highest BCUT2D eigenvalue weighted by Crippen LogP contribution is 2.22. The minimum Gasteiger partial charge on any atom is -0.462 e. The van der Waals surface area contributed by atoms with Gasteiger partial charge in [0, 0.05) is 6.20 Å². The molecule has 6 heteroatoms. The highest BCUT2D eigenvalue weighted by molar-refractivity contribution is 5.89. The molecule has 1 N–H and O–H groups in total. The third-order valence-electron chi connectivity index (χ3n) is 2.49. The lowest BCUT2D eigenvalue weighted by atomic mass is 10.2. The lowest BCUT2D eigenvalue weighted by Crippen LogP contribution is -2.06. The summed E-state index contributed by atoms with van der Waals surface area (Å²) in [5.74, 6) is -1.71. The Morgan fingerprint density at radius 2 is 1.95 bits per heavy atom. The fraction of sp³-hybridized carbons (Fsp3) is 0.143. The molecule has 2 rings (SSSR count). The molecule has 0 saturated carbocycles. The standard InChI is InChI=1S/C14H12F2N2O2/c1-2-20-14(19)9-6-7-12(17-8-9)18-13-10(15)4-3-5-11(13)16/h3-8H,2H2,1H3,(H,17,18). The van der Waals surface area contributed by atoms with Crippen LogP contribution in [0.25, 0.3) is 0 Å². The van der Waals surface area contributed by atoms with E-state index in [-0.39, 0.29) is 23.7 Å². The van der Waals surface area contributed by atoms with Crippen molar-refractivity contribution < 1.29 is 18.3 Å². The van der Waals surface area contributed by atoms with Crippen molar-refractivity contribution in [2.24, 2.45) is 0 Å². The van der Waals surface area contributed by atoms with Crippen molar-refractivity contribution >= 4 is 17.5 Å². The summed E-state index contributed by atoms with van der Waals surface area (Å²) in [6.45, 7) is 1.96. The van der Waals surface area contributed by atoms with E-state index in [0.29, 0.717) is 0 Å². The molecule has 20 heavy (non-hydrogen) atoms. The van der Waals surface area contributed by atoms with Crippen LogP contribution in [0.15, 0.2) is 36.5 Å². The summed E-state index contributed by atoms with van der Waals surface area (Å²) < 4.78 is 31.7. The SMILES string of the molecule is CCOC(=O)c1ccc(Nc2c(F)cccc2F)nc1. The number of hydrogen-bond donors (Lipinski definition) is 1. The Hall–Kier alpha value is -2.50. The number of ether oxygens (including phenoxy) is 1. The number of carbonyl (C=O) groups excluding carboxylic acids is 1. The van der Waals surface area contributed by atoms with E-state index in [2.05, 4.69) is 10.3 Å². The minimum atomic E-state index is -0.721. The number of nitrogens with zero attached hydrogens (tertiary/aromatic N) is 1. The maximum atomic E-state index is 13.4. The predicted octanol–water partition coefficient (Wildman–Crippen LogP) is 3.28. The Kier molecular flexibility index (Phi) is 4.24. The van der Waals surface area contributed by atoms with Crippen LogP contribution < -0.4 is 5.32 Å². The zero-order valence-electron chi connectivity index (χ0n) is 10.7. The van der Waals surface area contributed by atoms with Crippen molar-refractivity contribution in [3.63, 3.8) is 0 Å². The van der Waals surface area contributed by atoms with Crippen molar-refractivity contribution in [1.29, 1.82) is 0 Å². The second-order valence-corrected chi connectivity index (χ2v) is 3.87. The minimum absolute atomic E-state index is 0.224. The first-order valence-electron chi connectivity index (χ1n) is 5.96. The second kappa shape index (κ2) is 6.10. The van der Waals surface area contributed by atoms with Gasteiger partial charge in [-0.05, 0) is 31.2 Å². The number of nitrogens with one attached hydrogen (secondary N) is 1. The maximum Gasteiger partial charge on any atom is 0.339 e. The smallest absolute Gasteiger partial charge is 0.339 e. The first-order chi connectivity index (χ1) is 9.61. The number of halogens is 2. The molecule has 0 saturated heterocycles. The molecule has 1 heterocycles. The van der Waals surface area contributed by atoms with Crippen LogP contribution in [-0.2, 0) is 4.74 Å². The van der Waals surface area contributed by atoms with Crippen LogP contribution in [0, 0.1) is 11.6 Å². The van der Waals surface area contributed by atoms with Gasteiger partial charge in [-0.25, -0.2) is 18.6 Å². The molecule has 0 radical (unpaired) electrons. The fourth-order valence-corrected chi connectivity index (χ4v) is 1.55. The number of hydrogen-bond acceptors (Lipinski definition) is 4. The number of anilines is 2. The number of esters is 1. The Labute approximate surface area is 114 Å². The van der Waals surface area contributed by atoms with Gasteiger partial charge in [0.05, 0.1) is 12.2 Å². The molecule has 1 aromatic heterocycles. The van der Waals surface area contributed by atoms with E-state index in [0.717, 1.165) is 12.1 Å². The molecule has 0 amide bonds. The van der Waals surface area contributed by atoms with Gasteiger partial charge in [0.25, 0.3) is 0 Å². The molecule has 0 bridgehead atoms. The van der Waals surface area contributed by atoms with Crippen LogP contribution in [0.3, 0.4) is 0 Å². The average molecular weight is 278 g/mol. The normalized spacial score (nSPS) is 10.2. The number of aromatic nitrogens is 1. The Balaban J connectivity index is 2.17. The number of benzene rings is 1. The molecule has 0 atom stereocenters. The first kappa shape index (κ1) is 13.9. The molecule has 0 spiro atoms. The zero-order chi connectivity index (χ0) is 14.5. The summed E-state index contributed by atoms with van der Waals surface area (Å²) in [6, 6.07) is 6.45. The van der Waals surface area contributed by atoms with Crippen molar-refractivity contribution in [2.75, 3.05) is 11.9 Å². The highest BCUT2D eigenvalue weighted by Gasteiger charge is 2.10. The topological polar surface area (TPSA) is 51.2 Å². The number of carbonyl (C=O) groups is 1. The van der Waals surface area contributed by atoms with Crippen LogP contribution in [0.1, 0.15) is 17.3 Å². The van der Waals surface area contributed by atoms with Crippen molar-refractivity contribution in [3.8, 4) is 0 Å². The molecule has 0 aliphatic rings. The van der Waals surface area contributed by atoms with E-state index in [9.17, 15) is 13.6 Å². The summed E-state index contributed by atoms with van der Waals surface area (Å²) in [6.07, 6.45) is 1.28. The molecule has 1 aromatic carbocycles. The summed E-state index contributed by atoms with van der Waals surface area (Å²) in [5.41, 5.74) is -0.0182. The van der Waals surface area contributed by atoms with E-state index in [1.54, 1.807) is 6.92 Å². The summed E-state index contributed by atoms with van der Waals surface area (Å²) in [4.78, 5) is 15.3. The van der Waals surface area contributed by atoms with Gasteiger partial charge in [0.15, 0.2) is 0 Å². The van der Waals surface area contributed by atoms with Crippen LogP contribution in [0.4, 0.5) is 20.3 Å². The van der Waals surface area contributed by atoms with Gasteiger partial charge < -0.3 is 10.1 Å². The van der Waals surface area contributed by atoms with E-state index in [1.165, 1.54) is 24.4 Å². The molecule has 2 aromatic rings. The van der Waals surface area contributed by atoms with Gasteiger partial charge in [0.2, 0.25) is 0 Å². The Bertz CT molecular complexity index is 595. The van der Waals surface area contributed by atoms with Crippen LogP contribution >= 0.6 is 0 Å². The van der Waals surface area contributed by atoms with Crippen LogP contribution in [-0.4, -0.2) is 17.6 Å². The molecular formula is C14H12F2N2O2. The molecule has 0 fully saturated rings. The lowest BCUT2D eigenvalue weighted by molar-refractivity contribution is 0.0526. The van der Waals surface area contributed by atoms with E-state index in [1.807, 2.05) is 0 Å². The average Bonchev–Trinajstić information content (AvgIpc) is 2.44. The monoisotopic (exact) mass is 278 g/mol. The molecule has 104 valence electrons. The quantitative estimate of drug-likeness (QED) is 0.872. The first-order valence-corrected chi connectivity index (χ1v) is 5.96. The van der Waals surface area contributed by atoms with Crippen molar-refractivity contribution in [2.45, 2.75) is 6.92 Å². The molecule has 4 nitrogen and oxygen atoms in total. The van der Waals surface area contributed by atoms with Crippen molar-refractivity contribution in [3.05, 3.63) is 53.7 Å². The second-order valence-electron chi connectivity index (χ2n) is 3.87. The molecule has 0 aliphatic heterocycles. The van der Waals surface area contributed by atoms with Gasteiger partial charge in [-0.3, -0.25) is 0 Å². The van der Waals surface area contributed by atoms with Gasteiger partial charge in [-0.2, -0.15) is 0 Å². The zero-order valence-corrected chi connectivity index (χ0v) is 10.7. The lowest BCUT2D eigenvalue weighted by Gasteiger charge is -2.08. The third kappa shape index (κ3) is 3.09. The molecule has 0 unspecified atom stereocenters. The fourth-order valence-electron chi connectivity index (χ4n) is 1.55. The van der Waals surface area contributed by atoms with Crippen LogP contribution in [0.2, 0.25) is 0 Å². The number of pyridine rings is 1. The van der Waals surface area contributed by atoms with Gasteiger partial charge in [0.1, 0.15) is 23.1 Å². The molecule has 0 aliphatic carbocycles. The largest absolute Gasteiger partial charge is 0.462 e. The Morgan fingerprint density at radius 1 is 1.25 bits per heavy atom. The summed E-state index contributed by atoms with van der Waals surface area (Å²) >= 11 is 0.